The number of nitrogens with two attached hydrogens (primary N) is 1. The first-order chi connectivity index (χ1) is 9.52. The maximum atomic E-state index is 6.18. The van der Waals surface area contributed by atoms with Crippen molar-refractivity contribution in [2.24, 2.45) is 22.6 Å². The lowest BCUT2D eigenvalue weighted by atomic mass is 9.70. The van der Waals surface area contributed by atoms with Crippen molar-refractivity contribution < 1.29 is 0 Å². The number of hydrogen-bond donors (Lipinski definition) is 1. The van der Waals surface area contributed by atoms with Crippen LogP contribution in [0.2, 0.25) is 5.02 Å². The SMILES string of the molecule is CC1CCC2(CN=C(N)N2c2cccc(Cl)c2)CC1C. The summed E-state index contributed by atoms with van der Waals surface area (Å²) in [7, 11) is 0. The number of rotatable bonds is 1. The van der Waals surface area contributed by atoms with E-state index in [1.807, 2.05) is 18.2 Å². The van der Waals surface area contributed by atoms with E-state index in [2.05, 4.69) is 29.8 Å². The molecule has 1 spiro atoms. The van der Waals surface area contributed by atoms with Crippen LogP contribution in [0.15, 0.2) is 29.3 Å². The summed E-state index contributed by atoms with van der Waals surface area (Å²) in [5.41, 5.74) is 7.30. The van der Waals surface area contributed by atoms with Crippen LogP contribution in [0, 0.1) is 11.8 Å². The van der Waals surface area contributed by atoms with E-state index in [9.17, 15) is 0 Å². The Hall–Kier alpha value is -1.22. The molecular formula is C16H22ClN3. The molecule has 1 aromatic rings. The fourth-order valence-electron chi connectivity index (χ4n) is 3.66. The highest BCUT2D eigenvalue weighted by Gasteiger charge is 2.46. The van der Waals surface area contributed by atoms with Crippen molar-refractivity contribution in [1.82, 2.24) is 0 Å². The monoisotopic (exact) mass is 291 g/mol. The minimum atomic E-state index is 0.0562. The van der Waals surface area contributed by atoms with Gasteiger partial charge in [0.2, 0.25) is 0 Å². The summed E-state index contributed by atoms with van der Waals surface area (Å²) in [5.74, 6) is 2.12. The van der Waals surface area contributed by atoms with Crippen molar-refractivity contribution in [3.8, 4) is 0 Å². The number of hydrogen-bond acceptors (Lipinski definition) is 3. The van der Waals surface area contributed by atoms with Crippen molar-refractivity contribution in [2.45, 2.75) is 38.6 Å². The molecule has 0 radical (unpaired) electrons. The Morgan fingerprint density at radius 3 is 2.85 bits per heavy atom. The Morgan fingerprint density at radius 2 is 2.15 bits per heavy atom. The maximum absolute atomic E-state index is 6.18. The van der Waals surface area contributed by atoms with Crippen molar-refractivity contribution in [2.75, 3.05) is 11.4 Å². The number of guanidine groups is 1. The molecule has 0 amide bonds. The highest BCUT2D eigenvalue weighted by molar-refractivity contribution is 6.31. The lowest BCUT2D eigenvalue weighted by Gasteiger charge is -2.46. The third-order valence-corrected chi connectivity index (χ3v) is 5.28. The summed E-state index contributed by atoms with van der Waals surface area (Å²) in [6.45, 7) is 5.50. The Balaban J connectivity index is 1.96. The number of nitrogens with zero attached hydrogens (tertiary/aromatic N) is 2. The molecule has 1 saturated carbocycles. The molecule has 1 aromatic carbocycles. The van der Waals surface area contributed by atoms with Gasteiger partial charge in [-0.2, -0.15) is 0 Å². The average molecular weight is 292 g/mol. The molecule has 0 aromatic heterocycles. The van der Waals surface area contributed by atoms with Gasteiger partial charge in [-0.1, -0.05) is 31.5 Å². The largest absolute Gasteiger partial charge is 0.369 e. The van der Waals surface area contributed by atoms with E-state index >= 15 is 0 Å². The minimum absolute atomic E-state index is 0.0562. The molecule has 0 bridgehead atoms. The van der Waals surface area contributed by atoms with Crippen LogP contribution in [0.3, 0.4) is 0 Å². The van der Waals surface area contributed by atoms with Crippen LogP contribution in [0.25, 0.3) is 0 Å². The summed E-state index contributed by atoms with van der Waals surface area (Å²) in [5, 5.41) is 0.745. The zero-order valence-corrected chi connectivity index (χ0v) is 12.9. The first-order valence-electron chi connectivity index (χ1n) is 7.37. The Labute approximate surface area is 125 Å². The number of aliphatic imine (C=N–C) groups is 1. The molecular weight excluding hydrogens is 270 g/mol. The van der Waals surface area contributed by atoms with E-state index in [-0.39, 0.29) is 5.54 Å². The topological polar surface area (TPSA) is 41.6 Å². The molecule has 108 valence electrons. The fraction of sp³-hybridized carbons (Fsp3) is 0.562. The number of benzene rings is 1. The number of halogens is 1. The van der Waals surface area contributed by atoms with Gasteiger partial charge in [0.05, 0.1) is 12.1 Å². The lowest BCUT2D eigenvalue weighted by Crippen LogP contribution is -2.55. The highest BCUT2D eigenvalue weighted by Crippen LogP contribution is 2.44. The molecule has 0 saturated heterocycles. The predicted molar refractivity (Wildman–Crippen MR) is 85.3 cm³/mol. The van der Waals surface area contributed by atoms with Crippen molar-refractivity contribution in [3.05, 3.63) is 29.3 Å². The Kier molecular flexibility index (Phi) is 3.41. The average Bonchev–Trinajstić information content (AvgIpc) is 2.72. The predicted octanol–water partition coefficient (Wildman–Crippen LogP) is 3.67. The van der Waals surface area contributed by atoms with Gasteiger partial charge in [-0.05, 0) is 49.3 Å². The van der Waals surface area contributed by atoms with E-state index < -0.39 is 0 Å². The molecule has 3 nitrogen and oxygen atoms in total. The van der Waals surface area contributed by atoms with Crippen LogP contribution in [0.1, 0.15) is 33.1 Å². The third kappa shape index (κ3) is 2.18. The summed E-state index contributed by atoms with van der Waals surface area (Å²) < 4.78 is 0. The van der Waals surface area contributed by atoms with Crippen molar-refractivity contribution in [1.29, 1.82) is 0 Å². The molecule has 1 fully saturated rings. The summed E-state index contributed by atoms with van der Waals surface area (Å²) in [6, 6.07) is 7.93. The smallest absolute Gasteiger partial charge is 0.196 e. The van der Waals surface area contributed by atoms with Gasteiger partial charge in [-0.15, -0.1) is 0 Å². The molecule has 2 aliphatic rings. The summed E-state index contributed by atoms with van der Waals surface area (Å²) >= 11 is 6.14. The van der Waals surface area contributed by atoms with Crippen LogP contribution in [-0.4, -0.2) is 18.0 Å². The van der Waals surface area contributed by atoms with Gasteiger partial charge in [0.1, 0.15) is 0 Å². The molecule has 3 atom stereocenters. The second-order valence-corrected chi connectivity index (χ2v) is 6.85. The lowest BCUT2D eigenvalue weighted by molar-refractivity contribution is 0.189. The van der Waals surface area contributed by atoms with Crippen LogP contribution in [-0.2, 0) is 0 Å². The molecule has 3 unspecified atom stereocenters. The molecule has 20 heavy (non-hydrogen) atoms. The van der Waals surface area contributed by atoms with E-state index in [1.54, 1.807) is 0 Å². The molecule has 1 aliphatic heterocycles. The molecule has 2 N–H and O–H groups in total. The van der Waals surface area contributed by atoms with Crippen molar-refractivity contribution in [3.63, 3.8) is 0 Å². The van der Waals surface area contributed by atoms with Gasteiger partial charge >= 0.3 is 0 Å². The normalized spacial score (nSPS) is 33.5. The van der Waals surface area contributed by atoms with Gasteiger partial charge in [0.25, 0.3) is 0 Å². The van der Waals surface area contributed by atoms with Gasteiger partial charge in [-0.25, -0.2) is 0 Å². The number of anilines is 1. The van der Waals surface area contributed by atoms with Gasteiger partial charge in [-0.3, -0.25) is 4.99 Å². The first kappa shape index (κ1) is 13.7. The van der Waals surface area contributed by atoms with Gasteiger partial charge in [0, 0.05) is 10.7 Å². The second kappa shape index (κ2) is 4.96. The van der Waals surface area contributed by atoms with E-state index in [0.29, 0.717) is 11.9 Å². The van der Waals surface area contributed by atoms with E-state index in [0.717, 1.165) is 36.0 Å². The second-order valence-electron chi connectivity index (χ2n) is 6.41. The van der Waals surface area contributed by atoms with Crippen LogP contribution >= 0.6 is 11.6 Å². The van der Waals surface area contributed by atoms with Crippen molar-refractivity contribution >= 4 is 23.2 Å². The zero-order chi connectivity index (χ0) is 14.3. The van der Waals surface area contributed by atoms with Gasteiger partial charge in [0.15, 0.2) is 5.96 Å². The Morgan fingerprint density at radius 1 is 1.35 bits per heavy atom. The Bertz CT molecular complexity index is 542. The molecule has 1 aliphatic carbocycles. The standard InChI is InChI=1S/C16H22ClN3/c1-11-6-7-16(9-12(11)2)10-19-15(18)20(16)14-5-3-4-13(17)8-14/h3-5,8,11-12H,6-7,9-10H2,1-2H3,(H2,18,19). The summed E-state index contributed by atoms with van der Waals surface area (Å²) in [4.78, 5) is 6.76. The molecule has 4 heteroatoms. The van der Waals surface area contributed by atoms with Crippen LogP contribution < -0.4 is 10.6 Å². The zero-order valence-electron chi connectivity index (χ0n) is 12.1. The van der Waals surface area contributed by atoms with E-state index in [4.69, 9.17) is 17.3 Å². The van der Waals surface area contributed by atoms with E-state index in [1.165, 1.54) is 6.42 Å². The highest BCUT2D eigenvalue weighted by atomic mass is 35.5. The van der Waals surface area contributed by atoms with Crippen LogP contribution in [0.4, 0.5) is 5.69 Å². The molecule has 1 heterocycles. The third-order valence-electron chi connectivity index (χ3n) is 5.04. The summed E-state index contributed by atoms with van der Waals surface area (Å²) in [6.07, 6.45) is 3.53. The maximum Gasteiger partial charge on any atom is 0.196 e. The quantitative estimate of drug-likeness (QED) is 0.858. The van der Waals surface area contributed by atoms with Crippen LogP contribution in [0.5, 0.6) is 0 Å². The fourth-order valence-corrected chi connectivity index (χ4v) is 3.85. The van der Waals surface area contributed by atoms with Gasteiger partial charge < -0.3 is 10.6 Å². The first-order valence-corrected chi connectivity index (χ1v) is 7.75. The minimum Gasteiger partial charge on any atom is -0.369 e. The molecule has 3 rings (SSSR count).